The highest BCUT2D eigenvalue weighted by molar-refractivity contribution is 9.10. The number of hydrogen-bond donors (Lipinski definition) is 2. The van der Waals surface area contributed by atoms with Crippen LogP contribution in [0.3, 0.4) is 0 Å². The highest BCUT2D eigenvalue weighted by Crippen LogP contribution is 2.31. The smallest absolute Gasteiger partial charge is 0.253 e. The summed E-state index contributed by atoms with van der Waals surface area (Å²) < 4.78 is 3.00. The summed E-state index contributed by atoms with van der Waals surface area (Å²) >= 11 is 3.45. The Morgan fingerprint density at radius 3 is 3.00 bits per heavy atom. The number of rotatable bonds is 2. The third kappa shape index (κ3) is 2.05. The number of piperidine rings is 1. The van der Waals surface area contributed by atoms with Gasteiger partial charge in [-0.1, -0.05) is 0 Å². The van der Waals surface area contributed by atoms with Crippen LogP contribution in [0.25, 0.3) is 5.52 Å². The number of pyridine rings is 1. The molecule has 1 aliphatic carbocycles. The lowest BCUT2D eigenvalue weighted by atomic mass is 10.0. The number of halogens is 1. The van der Waals surface area contributed by atoms with Crippen molar-refractivity contribution in [3.05, 3.63) is 40.6 Å². The van der Waals surface area contributed by atoms with Crippen molar-refractivity contribution < 1.29 is 4.79 Å². The van der Waals surface area contributed by atoms with Crippen molar-refractivity contribution in [1.29, 1.82) is 0 Å². The molecule has 5 heteroatoms. The van der Waals surface area contributed by atoms with Crippen LogP contribution >= 0.6 is 15.9 Å². The van der Waals surface area contributed by atoms with Crippen molar-refractivity contribution in [1.82, 2.24) is 15.0 Å². The van der Waals surface area contributed by atoms with E-state index in [9.17, 15) is 4.79 Å². The Labute approximate surface area is 125 Å². The van der Waals surface area contributed by atoms with Crippen molar-refractivity contribution in [3.8, 4) is 0 Å². The lowest BCUT2D eigenvalue weighted by Crippen LogP contribution is -2.44. The molecular weight excluding hydrogens is 318 g/mol. The van der Waals surface area contributed by atoms with Crippen LogP contribution in [0, 0.1) is 5.92 Å². The Kier molecular flexibility index (Phi) is 2.86. The second-order valence-corrected chi connectivity index (χ2v) is 6.74. The van der Waals surface area contributed by atoms with Crippen LogP contribution in [0.1, 0.15) is 23.2 Å². The normalized spacial score (nSPS) is 28.1. The number of nitrogens with one attached hydrogen (secondary N) is 2. The van der Waals surface area contributed by atoms with E-state index < -0.39 is 0 Å². The average molecular weight is 334 g/mol. The van der Waals surface area contributed by atoms with Crippen LogP contribution in [0.5, 0.6) is 0 Å². The lowest BCUT2D eigenvalue weighted by molar-refractivity contribution is 0.0924. The molecule has 2 fully saturated rings. The third-order valence-corrected chi connectivity index (χ3v) is 4.93. The number of carbonyl (C=O) groups is 1. The quantitative estimate of drug-likeness (QED) is 0.884. The number of nitrogens with zero attached hydrogens (tertiary/aromatic N) is 1. The van der Waals surface area contributed by atoms with Crippen molar-refractivity contribution in [2.75, 3.05) is 6.54 Å². The molecule has 1 amide bonds. The van der Waals surface area contributed by atoms with Gasteiger partial charge in [0.1, 0.15) is 0 Å². The van der Waals surface area contributed by atoms with E-state index >= 15 is 0 Å². The topological polar surface area (TPSA) is 45.5 Å². The minimum Gasteiger partial charge on any atom is -0.349 e. The molecule has 2 aromatic heterocycles. The summed E-state index contributed by atoms with van der Waals surface area (Å²) in [5.74, 6) is 0.641. The number of aromatic nitrogens is 1. The fourth-order valence-corrected chi connectivity index (χ4v) is 3.93. The molecule has 3 heterocycles. The van der Waals surface area contributed by atoms with E-state index in [0.717, 1.165) is 28.5 Å². The monoisotopic (exact) mass is 333 g/mol. The molecule has 104 valence electrons. The molecule has 1 saturated carbocycles. The molecule has 2 aromatic rings. The summed E-state index contributed by atoms with van der Waals surface area (Å²) in [5, 5.41) is 6.66. The molecule has 2 N–H and O–H groups in total. The van der Waals surface area contributed by atoms with Crippen molar-refractivity contribution in [2.24, 2.45) is 5.92 Å². The van der Waals surface area contributed by atoms with Crippen molar-refractivity contribution >= 4 is 27.4 Å². The van der Waals surface area contributed by atoms with Crippen LogP contribution < -0.4 is 10.6 Å². The Bertz CT molecular complexity index is 681. The first-order valence-electron chi connectivity index (χ1n) is 7.00. The number of amides is 1. The second-order valence-electron chi connectivity index (χ2n) is 5.82. The van der Waals surface area contributed by atoms with E-state index in [4.69, 9.17) is 0 Å². The SMILES string of the molecule is O=C(NC1CC2CC1CN2)c1ccc2cc(Br)cn2c1. The maximum absolute atomic E-state index is 12.4. The van der Waals surface area contributed by atoms with Gasteiger partial charge in [-0.05, 0) is 52.9 Å². The Hall–Kier alpha value is -1.33. The fraction of sp³-hybridized carbons (Fsp3) is 0.400. The fourth-order valence-electron chi connectivity index (χ4n) is 3.47. The summed E-state index contributed by atoms with van der Waals surface area (Å²) in [4.78, 5) is 12.4. The highest BCUT2D eigenvalue weighted by atomic mass is 79.9. The summed E-state index contributed by atoms with van der Waals surface area (Å²) in [6.45, 7) is 1.04. The van der Waals surface area contributed by atoms with E-state index in [2.05, 4.69) is 26.6 Å². The maximum atomic E-state index is 12.4. The largest absolute Gasteiger partial charge is 0.349 e. The van der Waals surface area contributed by atoms with E-state index in [1.807, 2.05) is 35.0 Å². The highest BCUT2D eigenvalue weighted by Gasteiger charge is 2.40. The Balaban J connectivity index is 1.54. The van der Waals surface area contributed by atoms with Crippen molar-refractivity contribution in [2.45, 2.75) is 24.9 Å². The first-order chi connectivity index (χ1) is 9.69. The van der Waals surface area contributed by atoms with Gasteiger partial charge in [0.2, 0.25) is 0 Å². The minimum atomic E-state index is 0.0364. The molecule has 2 bridgehead atoms. The van der Waals surface area contributed by atoms with Crippen LogP contribution in [-0.4, -0.2) is 28.9 Å². The molecule has 0 radical (unpaired) electrons. The Morgan fingerprint density at radius 2 is 2.25 bits per heavy atom. The second kappa shape index (κ2) is 4.60. The number of carbonyl (C=O) groups excluding carboxylic acids is 1. The van der Waals surface area contributed by atoms with Gasteiger partial charge in [-0.2, -0.15) is 0 Å². The molecule has 4 nitrogen and oxygen atoms in total. The summed E-state index contributed by atoms with van der Waals surface area (Å²) in [7, 11) is 0. The standard InChI is InChI=1S/C15H16BrN3O/c16-11-4-13-2-1-9(7-19(13)8-11)15(20)18-14-5-12-3-10(14)6-17-12/h1-2,4,7-8,10,12,14,17H,3,5-6H2,(H,18,20). The van der Waals surface area contributed by atoms with Crippen molar-refractivity contribution in [3.63, 3.8) is 0 Å². The molecule has 2 aliphatic rings. The molecule has 0 aromatic carbocycles. The molecule has 0 spiro atoms. The zero-order chi connectivity index (χ0) is 13.7. The van der Waals surface area contributed by atoms with E-state index in [0.29, 0.717) is 18.0 Å². The predicted octanol–water partition coefficient (Wildman–Crippen LogP) is 2.18. The number of hydrogen-bond acceptors (Lipinski definition) is 2. The van der Waals surface area contributed by atoms with Gasteiger partial charge < -0.3 is 15.0 Å². The molecule has 4 rings (SSSR count). The molecule has 3 atom stereocenters. The third-order valence-electron chi connectivity index (χ3n) is 4.50. The average Bonchev–Trinajstić information content (AvgIpc) is 3.10. The van der Waals surface area contributed by atoms with Crippen LogP contribution in [0.15, 0.2) is 35.1 Å². The zero-order valence-electron chi connectivity index (χ0n) is 11.0. The number of fused-ring (bicyclic) bond motifs is 3. The summed E-state index contributed by atoms with van der Waals surface area (Å²) in [6, 6.07) is 6.84. The van der Waals surface area contributed by atoms with Crippen LogP contribution in [-0.2, 0) is 0 Å². The minimum absolute atomic E-state index is 0.0364. The molecule has 1 saturated heterocycles. The summed E-state index contributed by atoms with van der Waals surface area (Å²) in [5.41, 5.74) is 1.80. The lowest BCUT2D eigenvalue weighted by Gasteiger charge is -2.23. The van der Waals surface area contributed by atoms with Gasteiger partial charge in [0.25, 0.3) is 5.91 Å². The van der Waals surface area contributed by atoms with Gasteiger partial charge in [-0.15, -0.1) is 0 Å². The zero-order valence-corrected chi connectivity index (χ0v) is 12.6. The van der Waals surface area contributed by atoms with Crippen LogP contribution in [0.2, 0.25) is 0 Å². The van der Waals surface area contributed by atoms with E-state index in [-0.39, 0.29) is 5.91 Å². The first kappa shape index (κ1) is 12.4. The van der Waals surface area contributed by atoms with E-state index in [1.54, 1.807) is 0 Å². The van der Waals surface area contributed by atoms with Gasteiger partial charge in [0.05, 0.1) is 5.56 Å². The molecular formula is C15H16BrN3O. The molecule has 3 unspecified atom stereocenters. The van der Waals surface area contributed by atoms with Gasteiger partial charge in [-0.25, -0.2) is 0 Å². The molecule has 1 aliphatic heterocycles. The first-order valence-corrected chi connectivity index (χ1v) is 7.80. The Morgan fingerprint density at radius 1 is 1.35 bits per heavy atom. The van der Waals surface area contributed by atoms with Gasteiger partial charge in [0, 0.05) is 41.0 Å². The van der Waals surface area contributed by atoms with Gasteiger partial charge >= 0.3 is 0 Å². The van der Waals surface area contributed by atoms with Gasteiger partial charge in [0.15, 0.2) is 0 Å². The van der Waals surface area contributed by atoms with Crippen LogP contribution in [0.4, 0.5) is 0 Å². The maximum Gasteiger partial charge on any atom is 0.253 e. The predicted molar refractivity (Wildman–Crippen MR) is 80.9 cm³/mol. The molecule has 20 heavy (non-hydrogen) atoms. The summed E-state index contributed by atoms with van der Waals surface area (Å²) in [6.07, 6.45) is 6.12. The van der Waals surface area contributed by atoms with E-state index in [1.165, 1.54) is 6.42 Å². The van der Waals surface area contributed by atoms with Gasteiger partial charge in [-0.3, -0.25) is 4.79 Å².